The molecule has 1 aromatic carbocycles. The van der Waals surface area contributed by atoms with E-state index in [0.717, 1.165) is 37.6 Å². The number of nitrogens with one attached hydrogen (secondary N) is 1. The topological polar surface area (TPSA) is 121 Å². The van der Waals surface area contributed by atoms with Crippen LogP contribution in [0.1, 0.15) is 47.1 Å². The fourth-order valence-electron chi connectivity index (χ4n) is 4.68. The molecule has 2 amide bonds. The zero-order valence-electron chi connectivity index (χ0n) is 24.0. The fraction of sp³-hybridized carbons (Fsp3) is 0.400. The van der Waals surface area contributed by atoms with Crippen LogP contribution in [0.5, 0.6) is 0 Å². The second-order valence-corrected chi connectivity index (χ2v) is 8.86. The van der Waals surface area contributed by atoms with Crippen LogP contribution in [0, 0.1) is 0 Å². The van der Waals surface area contributed by atoms with Crippen LogP contribution in [0.2, 0.25) is 0 Å². The Kier molecular flexibility index (Phi) is 10.3. The summed E-state index contributed by atoms with van der Waals surface area (Å²) in [6.45, 7) is 14.7. The van der Waals surface area contributed by atoms with Crippen LogP contribution >= 0.6 is 0 Å². The highest BCUT2D eigenvalue weighted by atomic mass is 16.5. The van der Waals surface area contributed by atoms with Crippen LogP contribution in [-0.2, 0) is 14.3 Å². The molecule has 40 heavy (non-hydrogen) atoms. The van der Waals surface area contributed by atoms with Crippen molar-refractivity contribution < 1.29 is 29.0 Å². The molecule has 10 heteroatoms. The minimum Gasteiger partial charge on any atom is -0.506 e. The number of aliphatic hydroxyl groups is 1. The minimum absolute atomic E-state index is 0.0408. The Hall–Kier alpha value is -4.34. The van der Waals surface area contributed by atoms with Crippen LogP contribution in [0.25, 0.3) is 5.57 Å². The summed E-state index contributed by atoms with van der Waals surface area (Å²) in [6.07, 6.45) is 3.75. The number of aliphatic imine (C=N–C) groups is 1. The molecule has 0 bridgehead atoms. The largest absolute Gasteiger partial charge is 0.506 e. The summed E-state index contributed by atoms with van der Waals surface area (Å²) >= 11 is 0. The Balaban J connectivity index is 2.14. The molecule has 214 valence electrons. The number of Topliss-reactive ketones (excluding diaryl/α,β-unsaturated/α-hetero) is 1. The van der Waals surface area contributed by atoms with Gasteiger partial charge >= 0.3 is 12.2 Å². The lowest BCUT2D eigenvalue weighted by Gasteiger charge is -2.29. The molecular formula is C30H38N4O6. The summed E-state index contributed by atoms with van der Waals surface area (Å²) in [5.41, 5.74) is 3.00. The average molecular weight is 551 g/mol. The van der Waals surface area contributed by atoms with E-state index < -0.39 is 18.0 Å². The summed E-state index contributed by atoms with van der Waals surface area (Å²) in [5, 5.41) is 13.9. The average Bonchev–Trinajstić information content (AvgIpc) is 2.93. The molecule has 2 N–H and O–H groups in total. The van der Waals surface area contributed by atoms with Gasteiger partial charge in [-0.05, 0) is 78.0 Å². The molecule has 2 aliphatic carbocycles. The van der Waals surface area contributed by atoms with Crippen LogP contribution in [0.15, 0.2) is 64.0 Å². The van der Waals surface area contributed by atoms with Gasteiger partial charge in [0.05, 0.1) is 35.8 Å². The molecule has 0 unspecified atom stereocenters. The molecule has 0 saturated carbocycles. The zero-order chi connectivity index (χ0) is 29.4. The van der Waals surface area contributed by atoms with Gasteiger partial charge in [-0.25, -0.2) is 9.59 Å². The Bertz CT molecular complexity index is 1310. The number of ether oxygens (including phenoxy) is 2. The van der Waals surface area contributed by atoms with Crippen LogP contribution in [-0.4, -0.2) is 73.1 Å². The molecular weight excluding hydrogens is 512 g/mol. The van der Waals surface area contributed by atoms with Crippen molar-refractivity contribution in [1.29, 1.82) is 0 Å². The lowest BCUT2D eigenvalue weighted by Crippen LogP contribution is -2.28. The number of allylic oxidation sites excluding steroid dienone is 6. The number of rotatable bonds is 10. The van der Waals surface area contributed by atoms with Crippen molar-refractivity contribution in [3.63, 3.8) is 0 Å². The van der Waals surface area contributed by atoms with Crippen molar-refractivity contribution in [3.05, 3.63) is 64.6 Å². The summed E-state index contributed by atoms with van der Waals surface area (Å²) in [7, 11) is 0. The number of amides is 2. The standard InChI is InChI=1S/C30H38N4O6/c1-7-33(8-2)19-13-15-21(23(17-19)31-29(37)39-11-5)25-27(35)26(28(25)36)22-16-14-20(34(9-3)10-4)18-24(22)32-30(38)40-12-6/h13-18,35H,7-12H2,1-6H3,(H,31,37)/b26-22-,32-24?. The van der Waals surface area contributed by atoms with Gasteiger partial charge < -0.3 is 24.4 Å². The lowest BCUT2D eigenvalue weighted by atomic mass is 9.78. The molecule has 0 aliphatic heterocycles. The number of ketones is 1. The molecule has 0 radical (unpaired) electrons. The van der Waals surface area contributed by atoms with Crippen molar-refractivity contribution in [2.75, 3.05) is 49.6 Å². The molecule has 3 rings (SSSR count). The number of benzene rings is 1. The van der Waals surface area contributed by atoms with E-state index in [2.05, 4.69) is 20.1 Å². The van der Waals surface area contributed by atoms with Gasteiger partial charge in [0.2, 0.25) is 5.78 Å². The highest BCUT2D eigenvalue weighted by Crippen LogP contribution is 2.42. The fourth-order valence-corrected chi connectivity index (χ4v) is 4.68. The van der Waals surface area contributed by atoms with E-state index in [1.807, 2.05) is 39.8 Å². The van der Waals surface area contributed by atoms with Gasteiger partial charge in [0.25, 0.3) is 0 Å². The summed E-state index contributed by atoms with van der Waals surface area (Å²) < 4.78 is 10.1. The van der Waals surface area contributed by atoms with Crippen LogP contribution < -0.4 is 10.2 Å². The van der Waals surface area contributed by atoms with Gasteiger partial charge in [-0.3, -0.25) is 10.1 Å². The summed E-state index contributed by atoms with van der Waals surface area (Å²) in [4.78, 5) is 46.4. The molecule has 0 spiro atoms. The van der Waals surface area contributed by atoms with Crippen LogP contribution in [0.4, 0.5) is 21.0 Å². The monoisotopic (exact) mass is 550 g/mol. The van der Waals surface area contributed by atoms with E-state index in [1.165, 1.54) is 0 Å². The first kappa shape index (κ1) is 30.2. The summed E-state index contributed by atoms with van der Waals surface area (Å²) in [6, 6.07) is 5.29. The van der Waals surface area contributed by atoms with Crippen LogP contribution in [0.3, 0.4) is 0 Å². The SMILES string of the molecule is CCOC(=O)N=C1C=C(N(CC)CC)C=C/C1=C1/C(=O)C(c2ccc(N(CC)CC)cc2NC(=O)OCC)=C1O. The van der Waals surface area contributed by atoms with Gasteiger partial charge in [-0.1, -0.05) is 0 Å². The van der Waals surface area contributed by atoms with E-state index in [1.54, 1.807) is 38.1 Å². The third-order valence-electron chi connectivity index (χ3n) is 6.70. The molecule has 0 atom stereocenters. The number of hydrogen-bond acceptors (Lipinski definition) is 8. The maximum Gasteiger partial charge on any atom is 0.434 e. The van der Waals surface area contributed by atoms with E-state index in [-0.39, 0.29) is 35.8 Å². The van der Waals surface area contributed by atoms with Crippen molar-refractivity contribution in [3.8, 4) is 0 Å². The second kappa shape index (κ2) is 13.6. The van der Waals surface area contributed by atoms with E-state index >= 15 is 0 Å². The van der Waals surface area contributed by atoms with Gasteiger partial charge in [0.15, 0.2) is 0 Å². The molecule has 0 heterocycles. The van der Waals surface area contributed by atoms with Crippen molar-refractivity contribution in [1.82, 2.24) is 4.90 Å². The number of hydrogen-bond donors (Lipinski definition) is 2. The predicted octanol–water partition coefficient (Wildman–Crippen LogP) is 5.64. The minimum atomic E-state index is -0.788. The smallest absolute Gasteiger partial charge is 0.434 e. The van der Waals surface area contributed by atoms with Crippen molar-refractivity contribution in [2.45, 2.75) is 41.5 Å². The van der Waals surface area contributed by atoms with Gasteiger partial charge in [-0.2, -0.15) is 4.99 Å². The van der Waals surface area contributed by atoms with Gasteiger partial charge in [0, 0.05) is 48.7 Å². The van der Waals surface area contributed by atoms with E-state index in [9.17, 15) is 19.5 Å². The van der Waals surface area contributed by atoms with Crippen molar-refractivity contribution >= 4 is 40.6 Å². The predicted molar refractivity (Wildman–Crippen MR) is 157 cm³/mol. The number of aliphatic hydroxyl groups excluding tert-OH is 1. The Morgan fingerprint density at radius 1 is 0.900 bits per heavy atom. The van der Waals surface area contributed by atoms with E-state index in [0.29, 0.717) is 16.8 Å². The first-order chi connectivity index (χ1) is 19.2. The Morgan fingerprint density at radius 3 is 2.12 bits per heavy atom. The number of nitrogens with zero attached hydrogens (tertiary/aromatic N) is 3. The molecule has 0 fully saturated rings. The third-order valence-corrected chi connectivity index (χ3v) is 6.70. The third kappa shape index (κ3) is 6.27. The quantitative estimate of drug-likeness (QED) is 0.359. The van der Waals surface area contributed by atoms with Crippen molar-refractivity contribution in [2.24, 2.45) is 4.99 Å². The first-order valence-electron chi connectivity index (χ1n) is 13.7. The number of carbonyl (C=O) groups excluding carboxylic acids is 3. The molecule has 0 saturated heterocycles. The molecule has 10 nitrogen and oxygen atoms in total. The number of carbonyl (C=O) groups is 3. The number of anilines is 2. The maximum absolute atomic E-state index is 13.6. The molecule has 0 aromatic heterocycles. The lowest BCUT2D eigenvalue weighted by molar-refractivity contribution is -0.111. The first-order valence-corrected chi connectivity index (χ1v) is 13.7. The highest BCUT2D eigenvalue weighted by Gasteiger charge is 2.39. The Morgan fingerprint density at radius 2 is 1.55 bits per heavy atom. The molecule has 2 aliphatic rings. The Labute approximate surface area is 235 Å². The molecule has 1 aromatic rings. The van der Waals surface area contributed by atoms with Gasteiger partial charge in [0.1, 0.15) is 5.76 Å². The summed E-state index contributed by atoms with van der Waals surface area (Å²) in [5.74, 6) is -0.681. The van der Waals surface area contributed by atoms with Gasteiger partial charge in [-0.15, -0.1) is 0 Å². The highest BCUT2D eigenvalue weighted by molar-refractivity contribution is 6.42. The maximum atomic E-state index is 13.6. The second-order valence-electron chi connectivity index (χ2n) is 8.86. The zero-order valence-corrected chi connectivity index (χ0v) is 24.0. The normalized spacial score (nSPS) is 17.4. The number of likely N-dealkylation sites (N-methyl/N-ethyl adjacent to an activating group) is 1. The van der Waals surface area contributed by atoms with E-state index in [4.69, 9.17) is 9.47 Å².